The maximum atomic E-state index is 12.0. The van der Waals surface area contributed by atoms with Crippen molar-refractivity contribution in [3.05, 3.63) is 41.5 Å². The van der Waals surface area contributed by atoms with Crippen molar-refractivity contribution >= 4 is 12.0 Å². The molecule has 0 saturated carbocycles. The molecule has 120 valence electrons. The predicted molar refractivity (Wildman–Crippen MR) is 88.2 cm³/mol. The fourth-order valence-electron chi connectivity index (χ4n) is 2.41. The highest BCUT2D eigenvalue weighted by Crippen LogP contribution is 2.36. The maximum absolute atomic E-state index is 12.0. The summed E-state index contributed by atoms with van der Waals surface area (Å²) in [6.07, 6.45) is 4.02. The first kappa shape index (κ1) is 16.6. The van der Waals surface area contributed by atoms with Crippen LogP contribution in [0.5, 0.6) is 11.5 Å². The molecule has 5 heteroatoms. The molecule has 1 amide bonds. The highest BCUT2D eigenvalue weighted by molar-refractivity contribution is 6.02. The number of nitrogens with zero attached hydrogens (tertiary/aromatic N) is 1. The molecule has 1 aliphatic heterocycles. The molecule has 0 saturated heterocycles. The number of benzene rings is 1. The molecular formula is C18H20N2O3. The first-order valence-electron chi connectivity index (χ1n) is 7.56. The number of carbonyl (C=O) groups excluding carboxylic acids is 1. The van der Waals surface area contributed by atoms with Gasteiger partial charge in [-0.3, -0.25) is 4.79 Å². The Hall–Kier alpha value is -2.74. The van der Waals surface area contributed by atoms with Crippen LogP contribution in [0.4, 0.5) is 0 Å². The molecule has 0 fully saturated rings. The Morgan fingerprint density at radius 3 is 3.04 bits per heavy atom. The summed E-state index contributed by atoms with van der Waals surface area (Å²) in [6, 6.07) is 5.67. The smallest absolute Gasteiger partial charge is 0.262 e. The molecule has 0 radical (unpaired) electrons. The predicted octanol–water partition coefficient (Wildman–Crippen LogP) is 2.62. The standard InChI is InChI=1S/C18H20N2O3/c1-4-6-20-18(21)15(11-19)8-14-10-17-13(7-12(3)23-17)9-16(14)22-5-2/h4,8-10,12H,1,5-7H2,2-3H3,(H,20,21)/b15-8+/t12-/m1/s1. The zero-order valence-electron chi connectivity index (χ0n) is 13.4. The average Bonchev–Trinajstić information content (AvgIpc) is 2.89. The topological polar surface area (TPSA) is 71.4 Å². The third-order valence-corrected chi connectivity index (χ3v) is 3.40. The first-order valence-corrected chi connectivity index (χ1v) is 7.56. The van der Waals surface area contributed by atoms with Gasteiger partial charge < -0.3 is 14.8 Å². The van der Waals surface area contributed by atoms with E-state index in [1.807, 2.05) is 32.0 Å². The molecule has 23 heavy (non-hydrogen) atoms. The van der Waals surface area contributed by atoms with Crippen molar-refractivity contribution in [3.8, 4) is 17.6 Å². The SMILES string of the molecule is C=CCNC(=O)/C(C#N)=C/c1cc2c(cc1OCC)C[C@@H](C)O2. The van der Waals surface area contributed by atoms with Crippen LogP contribution in [0.15, 0.2) is 30.4 Å². The first-order chi connectivity index (χ1) is 11.1. The molecule has 0 bridgehead atoms. The van der Waals surface area contributed by atoms with Gasteiger partial charge in [-0.15, -0.1) is 6.58 Å². The Morgan fingerprint density at radius 1 is 1.61 bits per heavy atom. The van der Waals surface area contributed by atoms with Crippen molar-refractivity contribution in [1.29, 1.82) is 5.26 Å². The number of ether oxygens (including phenoxy) is 2. The lowest BCUT2D eigenvalue weighted by Gasteiger charge is -2.10. The minimum atomic E-state index is -0.440. The quantitative estimate of drug-likeness (QED) is 0.498. The summed E-state index contributed by atoms with van der Waals surface area (Å²) in [5.74, 6) is 0.980. The highest BCUT2D eigenvalue weighted by atomic mass is 16.5. The summed E-state index contributed by atoms with van der Waals surface area (Å²) in [5.41, 5.74) is 1.75. The lowest BCUT2D eigenvalue weighted by Crippen LogP contribution is -2.24. The number of carbonyl (C=O) groups is 1. The van der Waals surface area contributed by atoms with Crippen molar-refractivity contribution in [3.63, 3.8) is 0 Å². The van der Waals surface area contributed by atoms with Gasteiger partial charge in [0.25, 0.3) is 5.91 Å². The van der Waals surface area contributed by atoms with Gasteiger partial charge in [-0.2, -0.15) is 5.26 Å². The largest absolute Gasteiger partial charge is 0.493 e. The molecule has 1 atom stereocenters. The summed E-state index contributed by atoms with van der Waals surface area (Å²) in [6.45, 7) is 8.23. The fourth-order valence-corrected chi connectivity index (χ4v) is 2.41. The van der Waals surface area contributed by atoms with E-state index in [1.54, 1.807) is 6.08 Å². The van der Waals surface area contributed by atoms with Crippen LogP contribution < -0.4 is 14.8 Å². The van der Waals surface area contributed by atoms with Crippen LogP contribution in [-0.2, 0) is 11.2 Å². The molecule has 1 aromatic carbocycles. The Balaban J connectivity index is 2.38. The summed E-state index contributed by atoms with van der Waals surface area (Å²) in [5, 5.41) is 11.8. The second-order valence-corrected chi connectivity index (χ2v) is 5.23. The van der Waals surface area contributed by atoms with Crippen molar-refractivity contribution in [1.82, 2.24) is 5.32 Å². The Labute approximate surface area is 136 Å². The van der Waals surface area contributed by atoms with Crippen molar-refractivity contribution < 1.29 is 14.3 Å². The minimum absolute atomic E-state index is 0.0128. The third-order valence-electron chi connectivity index (χ3n) is 3.40. The second-order valence-electron chi connectivity index (χ2n) is 5.23. The van der Waals surface area contributed by atoms with Crippen molar-refractivity contribution in [2.24, 2.45) is 0 Å². The van der Waals surface area contributed by atoms with Crippen LogP contribution in [0.2, 0.25) is 0 Å². The van der Waals surface area contributed by atoms with Gasteiger partial charge in [0, 0.05) is 24.1 Å². The zero-order chi connectivity index (χ0) is 16.8. The number of amides is 1. The van der Waals surface area contributed by atoms with E-state index in [0.717, 1.165) is 17.7 Å². The van der Waals surface area contributed by atoms with Gasteiger partial charge in [-0.1, -0.05) is 6.08 Å². The molecule has 0 unspecified atom stereocenters. The van der Waals surface area contributed by atoms with E-state index in [-0.39, 0.29) is 11.7 Å². The van der Waals surface area contributed by atoms with Crippen LogP contribution in [-0.4, -0.2) is 25.2 Å². The molecule has 5 nitrogen and oxygen atoms in total. The molecule has 1 aromatic rings. The Bertz CT molecular complexity index is 686. The molecule has 0 spiro atoms. The van der Waals surface area contributed by atoms with Gasteiger partial charge in [0.05, 0.1) is 6.61 Å². The number of fused-ring (bicyclic) bond motifs is 1. The monoisotopic (exact) mass is 312 g/mol. The zero-order valence-corrected chi connectivity index (χ0v) is 13.4. The van der Waals surface area contributed by atoms with Crippen LogP contribution in [0.25, 0.3) is 6.08 Å². The fraction of sp³-hybridized carbons (Fsp3) is 0.333. The maximum Gasteiger partial charge on any atom is 0.262 e. The lowest BCUT2D eigenvalue weighted by atomic mass is 10.0. The van der Waals surface area contributed by atoms with Crippen LogP contribution in [0.3, 0.4) is 0 Å². The summed E-state index contributed by atoms with van der Waals surface area (Å²) >= 11 is 0. The van der Waals surface area contributed by atoms with E-state index < -0.39 is 5.91 Å². The Kier molecular flexibility index (Phi) is 5.42. The number of rotatable bonds is 6. The van der Waals surface area contributed by atoms with Gasteiger partial charge in [-0.05, 0) is 32.1 Å². The normalized spacial score (nSPS) is 16.0. The van der Waals surface area contributed by atoms with Gasteiger partial charge in [0.2, 0.25) is 0 Å². The molecule has 1 aliphatic rings. The second kappa shape index (κ2) is 7.50. The van der Waals surface area contributed by atoms with Gasteiger partial charge >= 0.3 is 0 Å². The summed E-state index contributed by atoms with van der Waals surface area (Å²) in [4.78, 5) is 12.0. The molecule has 2 rings (SSSR count). The number of hydrogen-bond donors (Lipinski definition) is 1. The van der Waals surface area contributed by atoms with E-state index in [9.17, 15) is 10.1 Å². The molecular weight excluding hydrogens is 292 g/mol. The van der Waals surface area contributed by atoms with Crippen LogP contribution in [0, 0.1) is 11.3 Å². The average molecular weight is 312 g/mol. The lowest BCUT2D eigenvalue weighted by molar-refractivity contribution is -0.116. The van der Waals surface area contributed by atoms with Gasteiger partial charge in [-0.25, -0.2) is 0 Å². The molecule has 1 heterocycles. The number of hydrogen-bond acceptors (Lipinski definition) is 4. The molecule has 0 aromatic heterocycles. The van der Waals surface area contributed by atoms with Crippen molar-refractivity contribution in [2.45, 2.75) is 26.4 Å². The highest BCUT2D eigenvalue weighted by Gasteiger charge is 2.22. The van der Waals surface area contributed by atoms with E-state index >= 15 is 0 Å². The summed E-state index contributed by atoms with van der Waals surface area (Å²) in [7, 11) is 0. The number of nitrogens with one attached hydrogen (secondary N) is 1. The number of nitriles is 1. The summed E-state index contributed by atoms with van der Waals surface area (Å²) < 4.78 is 11.4. The Morgan fingerprint density at radius 2 is 2.39 bits per heavy atom. The molecule has 0 aliphatic carbocycles. The van der Waals surface area contributed by atoms with E-state index in [4.69, 9.17) is 9.47 Å². The third kappa shape index (κ3) is 3.92. The van der Waals surface area contributed by atoms with Crippen LogP contribution in [0.1, 0.15) is 25.0 Å². The molecule has 1 N–H and O–H groups in total. The minimum Gasteiger partial charge on any atom is -0.493 e. The van der Waals surface area contributed by atoms with E-state index in [0.29, 0.717) is 24.5 Å². The van der Waals surface area contributed by atoms with E-state index in [1.165, 1.54) is 6.08 Å². The van der Waals surface area contributed by atoms with Gasteiger partial charge in [0.1, 0.15) is 29.2 Å². The van der Waals surface area contributed by atoms with E-state index in [2.05, 4.69) is 11.9 Å². The van der Waals surface area contributed by atoms with Gasteiger partial charge in [0.15, 0.2) is 0 Å². The van der Waals surface area contributed by atoms with Crippen molar-refractivity contribution in [2.75, 3.05) is 13.2 Å². The van der Waals surface area contributed by atoms with Crippen LogP contribution >= 0.6 is 0 Å².